The van der Waals surface area contributed by atoms with Gasteiger partial charge in [0, 0.05) is 17.5 Å². The molecule has 0 saturated heterocycles. The fourth-order valence-electron chi connectivity index (χ4n) is 1.59. The van der Waals surface area contributed by atoms with Gasteiger partial charge in [-0.15, -0.1) is 11.6 Å². The van der Waals surface area contributed by atoms with E-state index in [1.54, 1.807) is 0 Å². The molecule has 0 aliphatic heterocycles. The van der Waals surface area contributed by atoms with Gasteiger partial charge in [0.25, 0.3) is 5.91 Å². The number of rotatable bonds is 4. The first kappa shape index (κ1) is 13.0. The van der Waals surface area contributed by atoms with Gasteiger partial charge in [-0.3, -0.25) is 4.79 Å². The lowest BCUT2D eigenvalue weighted by molar-refractivity contribution is 0.0953. The molecule has 1 aromatic rings. The van der Waals surface area contributed by atoms with Crippen molar-refractivity contribution in [3.63, 3.8) is 0 Å². The molecule has 1 N–H and O–H groups in total. The highest BCUT2D eigenvalue weighted by molar-refractivity contribution is 6.20. The van der Waals surface area contributed by atoms with Gasteiger partial charge in [-0.25, -0.2) is 0 Å². The fraction of sp³-hybridized carbons (Fsp3) is 0.462. The molecule has 0 spiro atoms. The molecule has 1 unspecified atom stereocenters. The Bertz CT molecular complexity index is 354. The van der Waals surface area contributed by atoms with Crippen LogP contribution < -0.4 is 5.32 Å². The zero-order valence-electron chi connectivity index (χ0n) is 10.0. The van der Waals surface area contributed by atoms with Crippen molar-refractivity contribution < 1.29 is 4.79 Å². The number of alkyl halides is 1. The van der Waals surface area contributed by atoms with E-state index in [-0.39, 0.29) is 11.3 Å². The first-order valence-corrected chi connectivity index (χ1v) is 5.93. The number of carbonyl (C=O) groups excluding carboxylic acids is 1. The van der Waals surface area contributed by atoms with Crippen LogP contribution in [0.1, 0.15) is 34.8 Å². The first-order chi connectivity index (χ1) is 7.49. The Labute approximate surface area is 102 Å². The number of nitrogens with one attached hydrogen (secondary N) is 1. The monoisotopic (exact) mass is 239 g/mol. The van der Waals surface area contributed by atoms with Crippen LogP contribution in [0.5, 0.6) is 0 Å². The maximum Gasteiger partial charge on any atom is 0.251 e. The summed E-state index contributed by atoms with van der Waals surface area (Å²) in [6, 6.07) is 5.84. The van der Waals surface area contributed by atoms with Gasteiger partial charge >= 0.3 is 0 Å². The van der Waals surface area contributed by atoms with Gasteiger partial charge in [0.15, 0.2) is 0 Å². The van der Waals surface area contributed by atoms with Crippen LogP contribution in [0.4, 0.5) is 0 Å². The lowest BCUT2D eigenvalue weighted by Crippen LogP contribution is -2.25. The molecule has 1 rings (SSSR count). The maximum absolute atomic E-state index is 11.8. The maximum atomic E-state index is 11.8. The molecular formula is C13H18ClNO. The van der Waals surface area contributed by atoms with Gasteiger partial charge in [-0.2, -0.15) is 0 Å². The van der Waals surface area contributed by atoms with E-state index < -0.39 is 0 Å². The van der Waals surface area contributed by atoms with Crippen molar-refractivity contribution in [2.75, 3.05) is 6.54 Å². The largest absolute Gasteiger partial charge is 0.352 e. The zero-order valence-corrected chi connectivity index (χ0v) is 10.8. The van der Waals surface area contributed by atoms with Crippen LogP contribution in [0.2, 0.25) is 0 Å². The van der Waals surface area contributed by atoms with E-state index in [2.05, 4.69) is 11.4 Å². The van der Waals surface area contributed by atoms with E-state index in [9.17, 15) is 4.79 Å². The number of carbonyl (C=O) groups is 1. The standard InChI is InChI=1S/C13H18ClNO/c1-9-6-10(2)8-12(7-9)13(16)15-5-4-11(3)14/h6-8,11H,4-5H2,1-3H3,(H,15,16). The third-order valence-corrected chi connectivity index (χ3v) is 2.53. The predicted octanol–water partition coefficient (Wildman–Crippen LogP) is 3.05. The molecule has 0 aliphatic carbocycles. The van der Waals surface area contributed by atoms with Crippen LogP contribution in [-0.2, 0) is 0 Å². The first-order valence-electron chi connectivity index (χ1n) is 5.49. The van der Waals surface area contributed by atoms with E-state index >= 15 is 0 Å². The molecule has 1 amide bonds. The average molecular weight is 240 g/mol. The Kier molecular flexibility index (Phi) is 4.81. The van der Waals surface area contributed by atoms with E-state index in [1.165, 1.54) is 0 Å². The summed E-state index contributed by atoms with van der Waals surface area (Å²) in [5, 5.41) is 2.96. The summed E-state index contributed by atoms with van der Waals surface area (Å²) in [5.41, 5.74) is 2.94. The Morgan fingerprint density at radius 2 is 1.88 bits per heavy atom. The molecule has 0 bridgehead atoms. The molecule has 2 nitrogen and oxygen atoms in total. The van der Waals surface area contributed by atoms with Crippen LogP contribution in [-0.4, -0.2) is 17.8 Å². The molecule has 0 aliphatic rings. The van der Waals surface area contributed by atoms with Crippen LogP contribution in [0.25, 0.3) is 0 Å². The molecule has 0 heterocycles. The fourth-order valence-corrected chi connectivity index (χ4v) is 1.70. The SMILES string of the molecule is Cc1cc(C)cc(C(=O)NCCC(C)Cl)c1. The molecule has 88 valence electrons. The normalized spacial score (nSPS) is 12.2. The number of halogens is 1. The highest BCUT2D eigenvalue weighted by atomic mass is 35.5. The van der Waals surface area contributed by atoms with Gasteiger partial charge in [0.2, 0.25) is 0 Å². The molecule has 0 aromatic heterocycles. The third-order valence-electron chi connectivity index (χ3n) is 2.31. The molecular weight excluding hydrogens is 222 g/mol. The summed E-state index contributed by atoms with van der Waals surface area (Å²) in [6.45, 7) is 6.52. The zero-order chi connectivity index (χ0) is 12.1. The second-order valence-corrected chi connectivity index (χ2v) is 4.95. The third kappa shape index (κ3) is 4.23. The van der Waals surface area contributed by atoms with Crippen molar-refractivity contribution in [1.82, 2.24) is 5.32 Å². The second kappa shape index (κ2) is 5.90. The number of benzene rings is 1. The second-order valence-electron chi connectivity index (χ2n) is 4.20. The van der Waals surface area contributed by atoms with Crippen molar-refractivity contribution >= 4 is 17.5 Å². The summed E-state index contributed by atoms with van der Waals surface area (Å²) < 4.78 is 0. The van der Waals surface area contributed by atoms with E-state index in [0.29, 0.717) is 6.54 Å². The minimum Gasteiger partial charge on any atom is -0.352 e. The van der Waals surface area contributed by atoms with E-state index in [4.69, 9.17) is 11.6 Å². The Morgan fingerprint density at radius 3 is 2.38 bits per heavy atom. The van der Waals surface area contributed by atoms with Gasteiger partial charge in [-0.1, -0.05) is 17.2 Å². The Morgan fingerprint density at radius 1 is 1.31 bits per heavy atom. The Balaban J connectivity index is 2.59. The summed E-state index contributed by atoms with van der Waals surface area (Å²) in [4.78, 5) is 11.8. The van der Waals surface area contributed by atoms with Crippen molar-refractivity contribution in [2.45, 2.75) is 32.6 Å². The van der Waals surface area contributed by atoms with Crippen molar-refractivity contribution in [2.24, 2.45) is 0 Å². The summed E-state index contributed by atoms with van der Waals surface area (Å²) in [6.07, 6.45) is 0.790. The topological polar surface area (TPSA) is 29.1 Å². The van der Waals surface area contributed by atoms with E-state index in [1.807, 2.05) is 32.9 Å². The van der Waals surface area contributed by atoms with Gasteiger partial charge in [0.1, 0.15) is 0 Å². The molecule has 0 radical (unpaired) electrons. The van der Waals surface area contributed by atoms with Gasteiger partial charge < -0.3 is 5.32 Å². The smallest absolute Gasteiger partial charge is 0.251 e. The lowest BCUT2D eigenvalue weighted by atomic mass is 10.1. The van der Waals surface area contributed by atoms with Crippen molar-refractivity contribution in [3.05, 3.63) is 34.9 Å². The predicted molar refractivity (Wildman–Crippen MR) is 68.2 cm³/mol. The lowest BCUT2D eigenvalue weighted by Gasteiger charge is -2.07. The Hall–Kier alpha value is -1.02. The molecule has 0 fully saturated rings. The molecule has 1 aromatic carbocycles. The van der Waals surface area contributed by atoms with Gasteiger partial charge in [0.05, 0.1) is 0 Å². The molecule has 3 heteroatoms. The number of hydrogen-bond donors (Lipinski definition) is 1. The highest BCUT2D eigenvalue weighted by Crippen LogP contribution is 2.08. The molecule has 0 saturated carbocycles. The van der Waals surface area contributed by atoms with Gasteiger partial charge in [-0.05, 0) is 39.3 Å². The molecule has 1 atom stereocenters. The van der Waals surface area contributed by atoms with Crippen molar-refractivity contribution in [3.8, 4) is 0 Å². The van der Waals surface area contributed by atoms with Crippen LogP contribution in [0, 0.1) is 13.8 Å². The highest BCUT2D eigenvalue weighted by Gasteiger charge is 2.06. The summed E-state index contributed by atoms with van der Waals surface area (Å²) >= 11 is 5.81. The number of aryl methyl sites for hydroxylation is 2. The van der Waals surface area contributed by atoms with E-state index in [0.717, 1.165) is 23.1 Å². The minimum absolute atomic E-state index is 0.0240. The number of amides is 1. The number of hydrogen-bond acceptors (Lipinski definition) is 1. The summed E-state index contributed by atoms with van der Waals surface area (Å²) in [7, 11) is 0. The van der Waals surface area contributed by atoms with Crippen LogP contribution >= 0.6 is 11.6 Å². The molecule has 16 heavy (non-hydrogen) atoms. The van der Waals surface area contributed by atoms with Crippen molar-refractivity contribution in [1.29, 1.82) is 0 Å². The quantitative estimate of drug-likeness (QED) is 0.804. The van der Waals surface area contributed by atoms with Crippen LogP contribution in [0.15, 0.2) is 18.2 Å². The van der Waals surface area contributed by atoms with Crippen LogP contribution in [0.3, 0.4) is 0 Å². The average Bonchev–Trinajstić information content (AvgIpc) is 2.15. The minimum atomic E-state index is -0.0240. The summed E-state index contributed by atoms with van der Waals surface area (Å²) in [5.74, 6) is -0.0240.